The second-order valence-electron chi connectivity index (χ2n) is 10.3. The monoisotopic (exact) mass is 578 g/mol. The Morgan fingerprint density at radius 3 is 2.45 bits per heavy atom. The average Bonchev–Trinajstić information content (AvgIpc) is 3.43. The number of nitrogens with zero attached hydrogens (tertiary/aromatic N) is 4. The molecule has 0 radical (unpaired) electrons. The molecule has 8 nitrogen and oxygen atoms in total. The Kier molecular flexibility index (Phi) is 8.02. The first kappa shape index (κ1) is 28.8. The summed E-state index contributed by atoms with van der Waals surface area (Å²) in [6.45, 7) is 5.45. The first-order valence-electron chi connectivity index (χ1n) is 13.5. The maximum Gasteiger partial charge on any atom is 0.434 e. The van der Waals surface area contributed by atoms with E-state index >= 15 is 0 Å². The lowest BCUT2D eigenvalue weighted by Gasteiger charge is -2.32. The van der Waals surface area contributed by atoms with Gasteiger partial charge in [-0.1, -0.05) is 36.4 Å². The first-order valence-corrected chi connectivity index (χ1v) is 13.5. The highest BCUT2D eigenvalue weighted by Crippen LogP contribution is 2.35. The number of aromatic carboxylic acids is 1. The van der Waals surface area contributed by atoms with E-state index in [1.165, 1.54) is 17.7 Å². The lowest BCUT2D eigenvalue weighted by Crippen LogP contribution is -2.36. The number of para-hydroxylation sites is 1. The number of carboxylic acid groups (broad SMARTS) is 1. The predicted molar refractivity (Wildman–Crippen MR) is 148 cm³/mol. The molecule has 0 spiro atoms. The SMILES string of the molecule is CC(=O)N1CCC(c2ccc(COc3ccccc3-c3cccc(-n4ncc(C(=O)O)c4C(F)(F)F)n3)cc2C)CC1. The summed E-state index contributed by atoms with van der Waals surface area (Å²) in [7, 11) is 0. The van der Waals surface area contributed by atoms with Crippen LogP contribution in [0, 0.1) is 6.92 Å². The first-order chi connectivity index (χ1) is 20.0. The van der Waals surface area contributed by atoms with Crippen molar-refractivity contribution in [2.24, 2.45) is 0 Å². The number of rotatable bonds is 7. The third-order valence-corrected chi connectivity index (χ3v) is 7.49. The summed E-state index contributed by atoms with van der Waals surface area (Å²) in [4.78, 5) is 29.3. The summed E-state index contributed by atoms with van der Waals surface area (Å²) in [6.07, 6.45) is -2.44. The molecule has 1 aliphatic rings. The lowest BCUT2D eigenvalue weighted by molar-refractivity contribution is -0.143. The molecule has 2 aromatic carbocycles. The molecule has 0 unspecified atom stereocenters. The Balaban J connectivity index is 1.35. The Morgan fingerprint density at radius 2 is 1.79 bits per heavy atom. The van der Waals surface area contributed by atoms with Crippen molar-refractivity contribution < 1.29 is 32.6 Å². The van der Waals surface area contributed by atoms with Crippen molar-refractivity contribution in [2.75, 3.05) is 13.1 Å². The maximum absolute atomic E-state index is 13.8. The number of likely N-dealkylation sites (tertiary alicyclic amines) is 1. The van der Waals surface area contributed by atoms with Crippen LogP contribution in [0.1, 0.15) is 58.4 Å². The van der Waals surface area contributed by atoms with Gasteiger partial charge in [-0.15, -0.1) is 0 Å². The van der Waals surface area contributed by atoms with Crippen molar-refractivity contribution in [3.8, 4) is 22.8 Å². The van der Waals surface area contributed by atoms with E-state index in [-0.39, 0.29) is 18.3 Å². The lowest BCUT2D eigenvalue weighted by atomic mass is 9.86. The minimum absolute atomic E-state index is 0.111. The highest BCUT2D eigenvalue weighted by atomic mass is 19.4. The summed E-state index contributed by atoms with van der Waals surface area (Å²) in [6, 6.07) is 17.8. The molecule has 0 aliphatic carbocycles. The molecular formula is C31H29F3N4O4. The van der Waals surface area contributed by atoms with Crippen LogP contribution in [0.15, 0.2) is 66.9 Å². The summed E-state index contributed by atoms with van der Waals surface area (Å²) < 4.78 is 47.9. The smallest absolute Gasteiger partial charge is 0.434 e. The number of piperidine rings is 1. The highest BCUT2D eigenvalue weighted by molar-refractivity contribution is 5.89. The summed E-state index contributed by atoms with van der Waals surface area (Å²) in [5.74, 6) is -0.913. The molecule has 0 atom stereocenters. The number of hydrogen-bond acceptors (Lipinski definition) is 5. The number of aromatic nitrogens is 3. The quantitative estimate of drug-likeness (QED) is 0.278. The van der Waals surface area contributed by atoms with E-state index in [1.807, 2.05) is 11.0 Å². The van der Waals surface area contributed by atoms with Crippen molar-refractivity contribution in [1.82, 2.24) is 19.7 Å². The molecule has 1 N–H and O–H groups in total. The van der Waals surface area contributed by atoms with E-state index in [9.17, 15) is 27.9 Å². The Labute approximate surface area is 240 Å². The number of carbonyl (C=O) groups excluding carboxylic acids is 1. The van der Waals surface area contributed by atoms with Crippen LogP contribution in [0.5, 0.6) is 5.75 Å². The fraction of sp³-hybridized carbons (Fsp3) is 0.290. The highest BCUT2D eigenvalue weighted by Gasteiger charge is 2.41. The van der Waals surface area contributed by atoms with Crippen LogP contribution in [0.4, 0.5) is 13.2 Å². The molecule has 0 saturated carbocycles. The van der Waals surface area contributed by atoms with Gasteiger partial charge in [-0.25, -0.2) is 14.5 Å². The number of amides is 1. The van der Waals surface area contributed by atoms with Crippen molar-refractivity contribution >= 4 is 11.9 Å². The van der Waals surface area contributed by atoms with Crippen LogP contribution < -0.4 is 4.74 Å². The van der Waals surface area contributed by atoms with Gasteiger partial charge in [0.15, 0.2) is 11.5 Å². The fourth-order valence-electron chi connectivity index (χ4n) is 5.40. The van der Waals surface area contributed by atoms with E-state index < -0.39 is 23.4 Å². The number of aryl methyl sites for hydroxylation is 1. The molecule has 1 fully saturated rings. The average molecular weight is 579 g/mol. The molecule has 1 aliphatic heterocycles. The second kappa shape index (κ2) is 11.7. The minimum Gasteiger partial charge on any atom is -0.488 e. The molecule has 1 saturated heterocycles. The zero-order valence-electron chi connectivity index (χ0n) is 23.1. The number of ether oxygens (including phenoxy) is 1. The van der Waals surface area contributed by atoms with Gasteiger partial charge in [0.05, 0.1) is 11.9 Å². The number of halogens is 3. The van der Waals surface area contributed by atoms with E-state index in [0.29, 0.717) is 33.8 Å². The predicted octanol–water partition coefficient (Wildman–Crippen LogP) is 6.26. The molecule has 11 heteroatoms. The number of carbonyl (C=O) groups is 2. The van der Waals surface area contributed by atoms with Crippen LogP contribution in [0.3, 0.4) is 0 Å². The maximum atomic E-state index is 13.8. The van der Waals surface area contributed by atoms with E-state index in [2.05, 4.69) is 29.1 Å². The van der Waals surface area contributed by atoms with Crippen LogP contribution in [0.25, 0.3) is 17.1 Å². The molecule has 2 aromatic heterocycles. The van der Waals surface area contributed by atoms with E-state index in [1.54, 1.807) is 37.3 Å². The van der Waals surface area contributed by atoms with E-state index in [4.69, 9.17) is 4.74 Å². The van der Waals surface area contributed by atoms with Crippen molar-refractivity contribution in [3.63, 3.8) is 0 Å². The second-order valence-corrected chi connectivity index (χ2v) is 10.3. The third kappa shape index (κ3) is 6.00. The largest absolute Gasteiger partial charge is 0.488 e. The van der Waals surface area contributed by atoms with Crippen molar-refractivity contribution in [1.29, 1.82) is 0 Å². The number of hydrogen-bond donors (Lipinski definition) is 1. The van der Waals surface area contributed by atoms with Gasteiger partial charge in [0, 0.05) is 25.6 Å². The van der Waals surface area contributed by atoms with E-state index in [0.717, 1.165) is 37.1 Å². The summed E-state index contributed by atoms with van der Waals surface area (Å²) in [5.41, 5.74) is 1.91. The zero-order valence-corrected chi connectivity index (χ0v) is 23.1. The Bertz CT molecular complexity index is 1620. The van der Waals surface area contributed by atoms with Gasteiger partial charge < -0.3 is 14.7 Å². The molecule has 4 aromatic rings. The molecule has 218 valence electrons. The number of carboxylic acids is 1. The summed E-state index contributed by atoms with van der Waals surface area (Å²) >= 11 is 0. The van der Waals surface area contributed by atoms with Gasteiger partial charge in [0.2, 0.25) is 5.91 Å². The van der Waals surface area contributed by atoms with Gasteiger partial charge in [0.25, 0.3) is 0 Å². The zero-order chi connectivity index (χ0) is 30.0. The van der Waals surface area contributed by atoms with Crippen LogP contribution in [-0.4, -0.2) is 49.7 Å². The topological polar surface area (TPSA) is 97.6 Å². The normalized spacial score (nSPS) is 14.2. The molecular weight excluding hydrogens is 549 g/mol. The Morgan fingerprint density at radius 1 is 1.05 bits per heavy atom. The number of pyridine rings is 1. The minimum atomic E-state index is -4.96. The standard InChI is InChI=1S/C31H29F3N4O4/c1-19-16-21(10-11-23(19)22-12-14-37(15-13-22)20(2)39)18-42-27-8-4-3-6-24(27)26-7-5-9-28(36-26)38-29(31(32,33)34)25(17-35-38)30(40)41/h3-11,16-17,22H,12-15,18H2,1-2H3,(H,40,41). The Hall–Kier alpha value is -4.67. The number of benzene rings is 2. The fourth-order valence-corrected chi connectivity index (χ4v) is 5.40. The molecule has 1 amide bonds. The van der Waals surface area contributed by atoms with Crippen LogP contribution >= 0.6 is 0 Å². The van der Waals surface area contributed by atoms with Crippen LogP contribution in [-0.2, 0) is 17.6 Å². The van der Waals surface area contributed by atoms with Gasteiger partial charge in [-0.3, -0.25) is 4.79 Å². The molecule has 3 heterocycles. The summed E-state index contributed by atoms with van der Waals surface area (Å²) in [5, 5.41) is 12.9. The van der Waals surface area contributed by atoms with Gasteiger partial charge in [0.1, 0.15) is 17.9 Å². The van der Waals surface area contributed by atoms with Gasteiger partial charge in [-0.2, -0.15) is 18.3 Å². The van der Waals surface area contributed by atoms with Gasteiger partial charge in [-0.05, 0) is 66.6 Å². The number of alkyl halides is 3. The van der Waals surface area contributed by atoms with Crippen molar-refractivity contribution in [3.05, 3.63) is 94.8 Å². The molecule has 5 rings (SSSR count). The molecule has 42 heavy (non-hydrogen) atoms. The van der Waals surface area contributed by atoms with Gasteiger partial charge >= 0.3 is 12.1 Å². The van der Waals surface area contributed by atoms with Crippen molar-refractivity contribution in [2.45, 2.75) is 45.4 Å². The van der Waals surface area contributed by atoms with Crippen LogP contribution in [0.2, 0.25) is 0 Å². The third-order valence-electron chi connectivity index (χ3n) is 7.49. The molecule has 0 bridgehead atoms.